The van der Waals surface area contributed by atoms with Gasteiger partial charge >= 0.3 is 12.1 Å². The Morgan fingerprint density at radius 1 is 1.10 bits per heavy atom. The first-order valence-electron chi connectivity index (χ1n) is 5.89. The number of hydrogen-bond donors (Lipinski definition) is 1. The number of carbonyl (C=O) groups is 1. The van der Waals surface area contributed by atoms with E-state index in [1.807, 2.05) is 0 Å². The third kappa shape index (κ3) is 4.29. The molecule has 20 heavy (non-hydrogen) atoms. The van der Waals surface area contributed by atoms with Crippen molar-refractivity contribution in [1.29, 1.82) is 0 Å². The van der Waals surface area contributed by atoms with Crippen LogP contribution in [0.5, 0.6) is 0 Å². The molecule has 1 heterocycles. The highest BCUT2D eigenvalue weighted by Crippen LogP contribution is 2.35. The molecule has 1 aliphatic heterocycles. The van der Waals surface area contributed by atoms with Gasteiger partial charge in [-0.2, -0.15) is 22.0 Å². The second kappa shape index (κ2) is 5.82. The Morgan fingerprint density at radius 2 is 1.60 bits per heavy atom. The lowest BCUT2D eigenvalue weighted by molar-refractivity contribution is -0.269. The average molecular weight is 323 g/mol. The molecule has 0 spiro atoms. The van der Waals surface area contributed by atoms with E-state index in [-0.39, 0.29) is 30.4 Å². The Bertz CT molecular complexity index is 446. The van der Waals surface area contributed by atoms with Crippen LogP contribution in [0, 0.1) is 5.92 Å². The van der Waals surface area contributed by atoms with Crippen molar-refractivity contribution in [3.8, 4) is 0 Å². The van der Waals surface area contributed by atoms with E-state index in [4.69, 9.17) is 0 Å². The molecule has 0 unspecified atom stereocenters. The van der Waals surface area contributed by atoms with E-state index in [1.165, 1.54) is 5.32 Å². The Kier molecular flexibility index (Phi) is 4.99. The summed E-state index contributed by atoms with van der Waals surface area (Å²) in [5.41, 5.74) is 0. The van der Waals surface area contributed by atoms with Gasteiger partial charge in [-0.1, -0.05) is 0 Å². The lowest BCUT2D eigenvalue weighted by Crippen LogP contribution is -2.50. The van der Waals surface area contributed by atoms with Crippen molar-refractivity contribution in [2.24, 2.45) is 5.92 Å². The summed E-state index contributed by atoms with van der Waals surface area (Å²) in [6, 6.07) is 0. The summed E-state index contributed by atoms with van der Waals surface area (Å²) >= 11 is 0. The molecular weight excluding hydrogens is 309 g/mol. The quantitative estimate of drug-likeness (QED) is 0.798. The Morgan fingerprint density at radius 3 is 2.05 bits per heavy atom. The largest absolute Gasteiger partial charge is 0.463 e. The lowest BCUT2D eigenvalue weighted by Gasteiger charge is -2.23. The van der Waals surface area contributed by atoms with Gasteiger partial charge in [0.25, 0.3) is 5.91 Å². The first-order chi connectivity index (χ1) is 8.96. The molecule has 118 valence electrons. The van der Waals surface area contributed by atoms with Gasteiger partial charge in [0.05, 0.1) is 11.5 Å². The smallest absolute Gasteiger partial charge is 0.351 e. The van der Waals surface area contributed by atoms with E-state index in [1.54, 1.807) is 0 Å². The van der Waals surface area contributed by atoms with Gasteiger partial charge in [0.2, 0.25) is 0 Å². The fourth-order valence-electron chi connectivity index (χ4n) is 1.86. The molecule has 1 N–H and O–H groups in total. The van der Waals surface area contributed by atoms with Crippen LogP contribution in [0.2, 0.25) is 0 Å². The van der Waals surface area contributed by atoms with Crippen LogP contribution in [0.25, 0.3) is 0 Å². The molecule has 1 amide bonds. The zero-order valence-corrected chi connectivity index (χ0v) is 11.2. The molecule has 0 aromatic heterocycles. The summed E-state index contributed by atoms with van der Waals surface area (Å²) in [5, 5.41) is 1.54. The SMILES string of the molecule is O=C(NCCC1CCS(=O)(=O)CC1)C(F)(F)C(F)(F)F. The van der Waals surface area contributed by atoms with Crippen LogP contribution in [0.4, 0.5) is 22.0 Å². The van der Waals surface area contributed by atoms with Crippen LogP contribution in [0.3, 0.4) is 0 Å². The van der Waals surface area contributed by atoms with Crippen molar-refractivity contribution in [2.75, 3.05) is 18.1 Å². The fourth-order valence-corrected chi connectivity index (χ4v) is 3.45. The first kappa shape index (κ1) is 17.1. The molecule has 0 aliphatic carbocycles. The minimum atomic E-state index is -5.92. The molecule has 1 rings (SSSR count). The molecule has 1 aliphatic rings. The normalized spacial score (nSPS) is 20.6. The van der Waals surface area contributed by atoms with Crippen LogP contribution in [-0.2, 0) is 14.6 Å². The highest BCUT2D eigenvalue weighted by atomic mass is 32.2. The molecule has 10 heteroatoms. The Hall–Kier alpha value is -0.930. The first-order valence-corrected chi connectivity index (χ1v) is 7.71. The van der Waals surface area contributed by atoms with Crippen molar-refractivity contribution in [3.63, 3.8) is 0 Å². The maximum absolute atomic E-state index is 12.6. The van der Waals surface area contributed by atoms with E-state index in [0.717, 1.165) is 0 Å². The number of alkyl halides is 5. The third-order valence-corrected chi connectivity index (χ3v) is 4.87. The zero-order chi connectivity index (χ0) is 15.6. The summed E-state index contributed by atoms with van der Waals surface area (Å²) in [4.78, 5) is 10.8. The van der Waals surface area contributed by atoms with Crippen molar-refractivity contribution >= 4 is 15.7 Å². The van der Waals surface area contributed by atoms with Gasteiger partial charge in [-0.15, -0.1) is 0 Å². The van der Waals surface area contributed by atoms with Crippen molar-refractivity contribution in [2.45, 2.75) is 31.4 Å². The lowest BCUT2D eigenvalue weighted by atomic mass is 9.99. The molecule has 4 nitrogen and oxygen atoms in total. The number of rotatable bonds is 4. The number of nitrogens with one attached hydrogen (secondary N) is 1. The van der Waals surface area contributed by atoms with Gasteiger partial charge in [-0.3, -0.25) is 4.79 Å². The molecule has 1 fully saturated rings. The van der Waals surface area contributed by atoms with Crippen molar-refractivity contribution in [1.82, 2.24) is 5.32 Å². The molecular formula is C10H14F5NO3S. The molecule has 0 bridgehead atoms. The highest BCUT2D eigenvalue weighted by Gasteiger charge is 2.63. The molecule has 0 aromatic carbocycles. The summed E-state index contributed by atoms with van der Waals surface area (Å²) in [6.45, 7) is -0.338. The summed E-state index contributed by atoms with van der Waals surface area (Å²) in [7, 11) is -3.06. The monoisotopic (exact) mass is 323 g/mol. The van der Waals surface area contributed by atoms with Gasteiger partial charge < -0.3 is 5.32 Å². The molecule has 0 atom stereocenters. The van der Waals surface area contributed by atoms with Crippen LogP contribution < -0.4 is 5.32 Å². The molecule has 1 saturated heterocycles. The number of amides is 1. The number of hydrogen-bond acceptors (Lipinski definition) is 3. The van der Waals surface area contributed by atoms with Crippen LogP contribution in [0.15, 0.2) is 0 Å². The topological polar surface area (TPSA) is 63.2 Å². The van der Waals surface area contributed by atoms with Gasteiger partial charge in [-0.05, 0) is 25.2 Å². The van der Waals surface area contributed by atoms with E-state index in [9.17, 15) is 35.2 Å². The summed E-state index contributed by atoms with van der Waals surface area (Å²) in [5.74, 6) is -7.94. The number of carbonyl (C=O) groups excluding carboxylic acids is 1. The predicted molar refractivity (Wildman–Crippen MR) is 60.0 cm³/mol. The van der Waals surface area contributed by atoms with Crippen molar-refractivity contribution in [3.05, 3.63) is 0 Å². The van der Waals surface area contributed by atoms with Crippen molar-refractivity contribution < 1.29 is 35.2 Å². The van der Waals surface area contributed by atoms with Gasteiger partial charge in [0.15, 0.2) is 0 Å². The Balaban J connectivity index is 2.37. The van der Waals surface area contributed by atoms with Gasteiger partial charge in [-0.25, -0.2) is 8.42 Å². The van der Waals surface area contributed by atoms with E-state index in [0.29, 0.717) is 12.8 Å². The highest BCUT2D eigenvalue weighted by molar-refractivity contribution is 7.91. The molecule has 0 radical (unpaired) electrons. The average Bonchev–Trinajstić information content (AvgIpc) is 2.29. The van der Waals surface area contributed by atoms with E-state index >= 15 is 0 Å². The fraction of sp³-hybridized carbons (Fsp3) is 0.900. The predicted octanol–water partition coefficient (Wildman–Crippen LogP) is 1.52. The van der Waals surface area contributed by atoms with E-state index < -0.39 is 27.8 Å². The zero-order valence-electron chi connectivity index (χ0n) is 10.3. The van der Waals surface area contributed by atoms with Crippen LogP contribution in [-0.4, -0.2) is 44.5 Å². The molecule has 0 saturated carbocycles. The summed E-state index contributed by atoms with van der Waals surface area (Å²) in [6.07, 6.45) is -5.09. The van der Waals surface area contributed by atoms with Crippen LogP contribution in [0.1, 0.15) is 19.3 Å². The van der Waals surface area contributed by atoms with Gasteiger partial charge in [0, 0.05) is 6.54 Å². The van der Waals surface area contributed by atoms with E-state index in [2.05, 4.69) is 0 Å². The maximum atomic E-state index is 12.6. The standard InChI is InChI=1S/C10H14F5NO3S/c11-9(12,10(13,14)15)8(17)16-4-1-7-2-5-20(18,19)6-3-7/h7H,1-6H2,(H,16,17). The third-order valence-electron chi connectivity index (χ3n) is 3.15. The Labute approximate surface area is 112 Å². The molecule has 0 aromatic rings. The second-order valence-corrected chi connectivity index (χ2v) is 7.02. The minimum Gasteiger partial charge on any atom is -0.351 e. The minimum absolute atomic E-state index is 0.0235. The second-order valence-electron chi connectivity index (χ2n) is 4.71. The van der Waals surface area contributed by atoms with Gasteiger partial charge in [0.1, 0.15) is 9.84 Å². The maximum Gasteiger partial charge on any atom is 0.463 e. The summed E-state index contributed by atoms with van der Waals surface area (Å²) < 4.78 is 83.0. The van der Waals surface area contributed by atoms with Crippen LogP contribution >= 0.6 is 0 Å². The number of sulfone groups is 1. The number of halogens is 5.